The number of nitrogens with zero attached hydrogens (tertiary/aromatic N) is 3. The molecule has 1 saturated heterocycles. The van der Waals surface area contributed by atoms with E-state index in [2.05, 4.69) is 41.6 Å². The SMILES string of the molecule is Cc1cccc(-n2cnc3cc(C(=O)N4CCC(C)CC4)ccc32)c1. The summed E-state index contributed by atoms with van der Waals surface area (Å²) in [6.07, 6.45) is 4.02. The van der Waals surface area contributed by atoms with Crippen LogP contribution in [0.3, 0.4) is 0 Å². The lowest BCUT2D eigenvalue weighted by molar-refractivity contribution is 0.0697. The van der Waals surface area contributed by atoms with E-state index < -0.39 is 0 Å². The smallest absolute Gasteiger partial charge is 0.253 e. The summed E-state index contributed by atoms with van der Waals surface area (Å²) in [4.78, 5) is 19.3. The van der Waals surface area contributed by atoms with Gasteiger partial charge >= 0.3 is 0 Å². The number of piperidine rings is 1. The fourth-order valence-electron chi connectivity index (χ4n) is 3.52. The van der Waals surface area contributed by atoms with Crippen molar-refractivity contribution in [2.45, 2.75) is 26.7 Å². The van der Waals surface area contributed by atoms with Crippen LogP contribution in [-0.4, -0.2) is 33.4 Å². The molecule has 0 aliphatic carbocycles. The zero-order valence-electron chi connectivity index (χ0n) is 14.8. The van der Waals surface area contributed by atoms with Crippen LogP contribution >= 0.6 is 0 Å². The Kier molecular flexibility index (Phi) is 4.04. The number of hydrogen-bond acceptors (Lipinski definition) is 2. The number of carbonyl (C=O) groups excluding carboxylic acids is 1. The molecule has 0 spiro atoms. The summed E-state index contributed by atoms with van der Waals surface area (Å²) >= 11 is 0. The fraction of sp³-hybridized carbons (Fsp3) is 0.333. The number of amides is 1. The molecule has 25 heavy (non-hydrogen) atoms. The summed E-state index contributed by atoms with van der Waals surface area (Å²) in [6.45, 7) is 6.05. The number of fused-ring (bicyclic) bond motifs is 1. The number of likely N-dealkylation sites (tertiary alicyclic amines) is 1. The number of aromatic nitrogens is 2. The van der Waals surface area contributed by atoms with E-state index in [4.69, 9.17) is 0 Å². The van der Waals surface area contributed by atoms with Gasteiger partial charge in [0, 0.05) is 24.3 Å². The average Bonchev–Trinajstić information content (AvgIpc) is 3.05. The third-order valence-electron chi connectivity index (χ3n) is 5.14. The molecule has 128 valence electrons. The van der Waals surface area contributed by atoms with Gasteiger partial charge in [-0.15, -0.1) is 0 Å². The lowest BCUT2D eigenvalue weighted by Gasteiger charge is -2.30. The molecule has 3 aromatic rings. The monoisotopic (exact) mass is 333 g/mol. The Morgan fingerprint density at radius 2 is 1.92 bits per heavy atom. The lowest BCUT2D eigenvalue weighted by atomic mass is 9.98. The molecule has 1 amide bonds. The Hall–Kier alpha value is -2.62. The quantitative estimate of drug-likeness (QED) is 0.705. The number of rotatable bonds is 2. The highest BCUT2D eigenvalue weighted by atomic mass is 16.2. The summed E-state index contributed by atoms with van der Waals surface area (Å²) in [5, 5.41) is 0. The third-order valence-corrected chi connectivity index (χ3v) is 5.14. The number of hydrogen-bond donors (Lipinski definition) is 0. The van der Waals surface area contributed by atoms with E-state index in [1.54, 1.807) is 0 Å². The molecule has 0 unspecified atom stereocenters. The highest BCUT2D eigenvalue weighted by Crippen LogP contribution is 2.22. The molecule has 4 rings (SSSR count). The second-order valence-corrected chi connectivity index (χ2v) is 7.13. The van der Waals surface area contributed by atoms with Crippen LogP contribution < -0.4 is 0 Å². The summed E-state index contributed by atoms with van der Waals surface area (Å²) < 4.78 is 2.07. The van der Waals surface area contributed by atoms with Crippen LogP contribution in [0.5, 0.6) is 0 Å². The van der Waals surface area contributed by atoms with Crippen molar-refractivity contribution in [2.75, 3.05) is 13.1 Å². The minimum Gasteiger partial charge on any atom is -0.339 e. The van der Waals surface area contributed by atoms with Crippen molar-refractivity contribution < 1.29 is 4.79 Å². The molecular weight excluding hydrogens is 310 g/mol. The molecular formula is C21H23N3O. The molecule has 1 aliphatic rings. The average molecular weight is 333 g/mol. The first kappa shape index (κ1) is 15.9. The molecule has 4 heteroatoms. The van der Waals surface area contributed by atoms with Crippen molar-refractivity contribution in [3.63, 3.8) is 0 Å². The largest absolute Gasteiger partial charge is 0.339 e. The van der Waals surface area contributed by atoms with Crippen LogP contribution in [0, 0.1) is 12.8 Å². The van der Waals surface area contributed by atoms with Gasteiger partial charge in [0.2, 0.25) is 0 Å². The summed E-state index contributed by atoms with van der Waals surface area (Å²) in [5.41, 5.74) is 4.92. The van der Waals surface area contributed by atoms with Gasteiger partial charge < -0.3 is 4.90 Å². The molecule has 0 saturated carbocycles. The number of aryl methyl sites for hydroxylation is 1. The standard InChI is InChI=1S/C21H23N3O/c1-15-8-10-23(11-9-15)21(25)17-6-7-20-19(13-17)22-14-24(20)18-5-3-4-16(2)12-18/h3-7,12-15H,8-11H2,1-2H3. The van der Waals surface area contributed by atoms with Gasteiger partial charge in [-0.2, -0.15) is 0 Å². The van der Waals surface area contributed by atoms with E-state index in [-0.39, 0.29) is 5.91 Å². The Balaban J connectivity index is 1.64. The highest BCUT2D eigenvalue weighted by molar-refractivity contribution is 5.97. The van der Waals surface area contributed by atoms with Gasteiger partial charge in [0.05, 0.1) is 11.0 Å². The van der Waals surface area contributed by atoms with Crippen LogP contribution in [0.25, 0.3) is 16.7 Å². The third kappa shape index (κ3) is 3.04. The highest BCUT2D eigenvalue weighted by Gasteiger charge is 2.22. The van der Waals surface area contributed by atoms with E-state index in [1.807, 2.05) is 35.5 Å². The van der Waals surface area contributed by atoms with Crippen molar-refractivity contribution in [3.05, 3.63) is 59.9 Å². The molecule has 1 aromatic heterocycles. The predicted molar refractivity (Wildman–Crippen MR) is 100 cm³/mol. The Morgan fingerprint density at radius 1 is 1.12 bits per heavy atom. The van der Waals surface area contributed by atoms with Crippen molar-refractivity contribution >= 4 is 16.9 Å². The lowest BCUT2D eigenvalue weighted by Crippen LogP contribution is -2.37. The first-order valence-electron chi connectivity index (χ1n) is 8.95. The van der Waals surface area contributed by atoms with Crippen molar-refractivity contribution in [1.82, 2.24) is 14.5 Å². The zero-order chi connectivity index (χ0) is 17.4. The van der Waals surface area contributed by atoms with E-state index in [0.29, 0.717) is 0 Å². The zero-order valence-corrected chi connectivity index (χ0v) is 14.8. The molecule has 0 bridgehead atoms. The fourth-order valence-corrected chi connectivity index (χ4v) is 3.52. The number of carbonyl (C=O) groups is 1. The summed E-state index contributed by atoms with van der Waals surface area (Å²) in [5.74, 6) is 0.843. The van der Waals surface area contributed by atoms with Crippen molar-refractivity contribution in [3.8, 4) is 5.69 Å². The van der Waals surface area contributed by atoms with Crippen molar-refractivity contribution in [1.29, 1.82) is 0 Å². The van der Waals surface area contributed by atoms with Crippen LogP contribution in [0.15, 0.2) is 48.8 Å². The molecule has 0 N–H and O–H groups in total. The van der Waals surface area contributed by atoms with E-state index in [1.165, 1.54) is 5.56 Å². The van der Waals surface area contributed by atoms with Crippen LogP contribution in [0.1, 0.15) is 35.7 Å². The molecule has 1 aliphatic heterocycles. The summed E-state index contributed by atoms with van der Waals surface area (Å²) in [6, 6.07) is 14.2. The topological polar surface area (TPSA) is 38.1 Å². The second-order valence-electron chi connectivity index (χ2n) is 7.13. The molecule has 0 atom stereocenters. The van der Waals surface area contributed by atoms with Gasteiger partial charge in [-0.25, -0.2) is 4.98 Å². The van der Waals surface area contributed by atoms with Crippen LogP contribution in [-0.2, 0) is 0 Å². The Bertz CT molecular complexity index is 920. The Morgan fingerprint density at radius 3 is 2.68 bits per heavy atom. The van der Waals surface area contributed by atoms with Gasteiger partial charge in [-0.3, -0.25) is 9.36 Å². The number of benzene rings is 2. The predicted octanol–water partition coefficient (Wildman–Crippen LogP) is 4.21. The maximum atomic E-state index is 12.8. The minimum atomic E-state index is 0.124. The van der Waals surface area contributed by atoms with Crippen LogP contribution in [0.4, 0.5) is 0 Å². The first-order valence-corrected chi connectivity index (χ1v) is 8.95. The minimum absolute atomic E-state index is 0.124. The molecule has 1 fully saturated rings. The summed E-state index contributed by atoms with van der Waals surface area (Å²) in [7, 11) is 0. The first-order chi connectivity index (χ1) is 12.1. The Labute approximate surface area is 148 Å². The van der Waals surface area contributed by atoms with Gasteiger partial charge in [0.25, 0.3) is 5.91 Å². The van der Waals surface area contributed by atoms with E-state index in [9.17, 15) is 4.79 Å². The molecule has 2 aromatic carbocycles. The number of imidazole rings is 1. The van der Waals surface area contributed by atoms with Gasteiger partial charge in [-0.05, 0) is 61.6 Å². The van der Waals surface area contributed by atoms with Crippen LogP contribution in [0.2, 0.25) is 0 Å². The second kappa shape index (κ2) is 6.36. The molecule has 2 heterocycles. The van der Waals surface area contributed by atoms with Gasteiger partial charge in [0.1, 0.15) is 6.33 Å². The van der Waals surface area contributed by atoms with E-state index >= 15 is 0 Å². The molecule has 0 radical (unpaired) electrons. The maximum absolute atomic E-state index is 12.8. The van der Waals surface area contributed by atoms with E-state index in [0.717, 1.165) is 54.1 Å². The normalized spacial score (nSPS) is 15.7. The van der Waals surface area contributed by atoms with Gasteiger partial charge in [-0.1, -0.05) is 19.1 Å². The van der Waals surface area contributed by atoms with Crippen molar-refractivity contribution in [2.24, 2.45) is 5.92 Å². The van der Waals surface area contributed by atoms with Gasteiger partial charge in [0.15, 0.2) is 0 Å². The molecule has 4 nitrogen and oxygen atoms in total. The maximum Gasteiger partial charge on any atom is 0.253 e.